The first-order valence-electron chi connectivity index (χ1n) is 6.34. The minimum absolute atomic E-state index is 0.0336. The summed E-state index contributed by atoms with van der Waals surface area (Å²) in [6.07, 6.45) is 4.72. The van der Waals surface area contributed by atoms with Gasteiger partial charge >= 0.3 is 0 Å². The Labute approximate surface area is 132 Å². The van der Waals surface area contributed by atoms with Crippen LogP contribution in [0.25, 0.3) is 5.70 Å². The number of halogens is 1. The lowest BCUT2D eigenvalue weighted by Crippen LogP contribution is -2.35. The highest BCUT2D eigenvalue weighted by Gasteiger charge is 2.22. The summed E-state index contributed by atoms with van der Waals surface area (Å²) >= 11 is 5.83. The van der Waals surface area contributed by atoms with Gasteiger partial charge in [0, 0.05) is 28.8 Å². The maximum atomic E-state index is 12.7. The zero-order valence-corrected chi connectivity index (χ0v) is 12.2. The first kappa shape index (κ1) is 15.4. The summed E-state index contributed by atoms with van der Waals surface area (Å²) in [5, 5.41) is 16.6. The normalized spacial score (nSPS) is 10.5. The molecule has 2 aromatic rings. The molecule has 2 rings (SSSR count). The Kier molecular flexibility index (Phi) is 5.00. The second kappa shape index (κ2) is 7.14. The van der Waals surface area contributed by atoms with Crippen molar-refractivity contribution in [2.75, 3.05) is 0 Å². The van der Waals surface area contributed by atoms with Crippen LogP contribution in [0.1, 0.15) is 10.4 Å². The lowest BCUT2D eigenvalue weighted by Gasteiger charge is -2.01. The quantitative estimate of drug-likeness (QED) is 0.235. The fourth-order valence-corrected chi connectivity index (χ4v) is 1.92. The van der Waals surface area contributed by atoms with Crippen molar-refractivity contribution in [3.8, 4) is 6.07 Å². The number of benzene rings is 1. The van der Waals surface area contributed by atoms with E-state index < -0.39 is 0 Å². The SMILES string of the molecule is N#CC(=C=N)/C=C(/C(=O)c1ccc(Cl)cc1)[n+]1ccccc1. The van der Waals surface area contributed by atoms with E-state index in [1.807, 2.05) is 18.0 Å². The molecule has 0 aliphatic carbocycles. The van der Waals surface area contributed by atoms with Crippen molar-refractivity contribution in [3.63, 3.8) is 0 Å². The Morgan fingerprint density at radius 2 is 1.82 bits per heavy atom. The van der Waals surface area contributed by atoms with E-state index >= 15 is 0 Å². The Morgan fingerprint density at radius 1 is 1.18 bits per heavy atom. The van der Waals surface area contributed by atoms with E-state index in [-0.39, 0.29) is 17.1 Å². The molecule has 22 heavy (non-hydrogen) atoms. The number of carbonyl (C=O) groups is 1. The van der Waals surface area contributed by atoms with Crippen LogP contribution < -0.4 is 4.57 Å². The summed E-state index contributed by atoms with van der Waals surface area (Å²) in [5.74, 6) is 1.73. The van der Waals surface area contributed by atoms with Crippen molar-refractivity contribution >= 4 is 29.0 Å². The number of pyridine rings is 1. The van der Waals surface area contributed by atoms with Gasteiger partial charge in [0.25, 0.3) is 11.5 Å². The van der Waals surface area contributed by atoms with Crippen LogP contribution in [0.5, 0.6) is 0 Å². The number of hydrogen-bond donors (Lipinski definition) is 1. The second-order valence-corrected chi connectivity index (χ2v) is 4.74. The molecule has 1 N–H and O–H groups in total. The number of aromatic nitrogens is 1. The molecule has 1 aromatic carbocycles. The van der Waals surface area contributed by atoms with Crippen LogP contribution in [-0.4, -0.2) is 11.7 Å². The molecule has 0 atom stereocenters. The minimum atomic E-state index is -0.282. The number of rotatable bonds is 4. The van der Waals surface area contributed by atoms with Gasteiger partial charge in [-0.3, -0.25) is 10.2 Å². The number of allylic oxidation sites excluding steroid dienone is 3. The highest BCUT2D eigenvalue weighted by Crippen LogP contribution is 2.14. The van der Waals surface area contributed by atoms with Crippen molar-refractivity contribution in [2.24, 2.45) is 0 Å². The molecule has 1 aromatic heterocycles. The average molecular weight is 309 g/mol. The van der Waals surface area contributed by atoms with Gasteiger partial charge in [0.2, 0.25) is 0 Å². The summed E-state index contributed by atoms with van der Waals surface area (Å²) < 4.78 is 1.59. The van der Waals surface area contributed by atoms with Gasteiger partial charge in [0.1, 0.15) is 11.6 Å². The summed E-state index contributed by atoms with van der Waals surface area (Å²) in [6.45, 7) is 0. The number of nitriles is 1. The van der Waals surface area contributed by atoms with Gasteiger partial charge in [-0.2, -0.15) is 9.83 Å². The molecule has 0 bridgehead atoms. The van der Waals surface area contributed by atoms with E-state index in [2.05, 4.69) is 0 Å². The monoisotopic (exact) mass is 308 g/mol. The fourth-order valence-electron chi connectivity index (χ4n) is 1.80. The molecular weight excluding hydrogens is 298 g/mol. The predicted molar refractivity (Wildman–Crippen MR) is 83.5 cm³/mol. The van der Waals surface area contributed by atoms with Crippen LogP contribution in [0.15, 0.2) is 66.5 Å². The van der Waals surface area contributed by atoms with E-state index in [0.29, 0.717) is 10.6 Å². The summed E-state index contributed by atoms with van der Waals surface area (Å²) in [4.78, 5) is 12.7. The number of nitrogens with zero attached hydrogens (tertiary/aromatic N) is 2. The molecule has 106 valence electrons. The third-order valence-corrected chi connectivity index (χ3v) is 3.12. The van der Waals surface area contributed by atoms with Gasteiger partial charge in [0.15, 0.2) is 12.4 Å². The number of hydrogen-bond acceptors (Lipinski definition) is 3. The van der Waals surface area contributed by atoms with Crippen LogP contribution in [0, 0.1) is 16.7 Å². The molecule has 0 fully saturated rings. The zero-order valence-electron chi connectivity index (χ0n) is 11.5. The smallest absolute Gasteiger partial charge is 0.260 e. The number of Topliss-reactive ketones (excluding diaryl/α,β-unsaturated/α-hetero) is 1. The largest absolute Gasteiger partial charge is 0.282 e. The third kappa shape index (κ3) is 3.56. The molecule has 4 nitrogen and oxygen atoms in total. The Bertz CT molecular complexity index is 811. The molecule has 0 saturated heterocycles. The molecule has 0 spiro atoms. The van der Waals surface area contributed by atoms with Crippen LogP contribution in [0.2, 0.25) is 5.02 Å². The first-order chi connectivity index (χ1) is 10.7. The van der Waals surface area contributed by atoms with Gasteiger partial charge < -0.3 is 0 Å². The topological polar surface area (TPSA) is 68.6 Å². The number of nitrogens with one attached hydrogen (secondary N) is 1. The van der Waals surface area contributed by atoms with E-state index in [0.717, 1.165) is 0 Å². The molecule has 0 unspecified atom stereocenters. The molecule has 1 heterocycles. The van der Waals surface area contributed by atoms with Gasteiger partial charge in [0.05, 0.1) is 0 Å². The third-order valence-electron chi connectivity index (χ3n) is 2.87. The summed E-state index contributed by atoms with van der Waals surface area (Å²) in [7, 11) is 0. The standard InChI is InChI=1S/C17H11ClN3O/c18-15-6-4-14(5-7-15)17(22)16(10-13(11-19)12-20)21-8-2-1-3-9-21/h1-10,19H/q+1/b16-10-. The maximum absolute atomic E-state index is 12.7. The zero-order chi connectivity index (χ0) is 15.9. The summed E-state index contributed by atoms with van der Waals surface area (Å²) in [6, 6.07) is 13.7. The molecule has 0 aliphatic heterocycles. The van der Waals surface area contributed by atoms with Crippen molar-refractivity contribution in [3.05, 3.63) is 77.1 Å². The van der Waals surface area contributed by atoms with Gasteiger partial charge in [-0.15, -0.1) is 0 Å². The number of carbonyl (C=O) groups excluding carboxylic acids is 1. The molecule has 0 radical (unpaired) electrons. The highest BCUT2D eigenvalue weighted by molar-refractivity contribution is 6.31. The van der Waals surface area contributed by atoms with Gasteiger partial charge in [-0.25, -0.2) is 0 Å². The van der Waals surface area contributed by atoms with E-state index in [4.69, 9.17) is 22.3 Å². The van der Waals surface area contributed by atoms with E-state index in [9.17, 15) is 4.79 Å². The maximum Gasteiger partial charge on any atom is 0.260 e. The first-order valence-corrected chi connectivity index (χ1v) is 6.72. The minimum Gasteiger partial charge on any atom is -0.282 e. The van der Waals surface area contributed by atoms with E-state index in [1.165, 1.54) is 6.08 Å². The van der Waals surface area contributed by atoms with Crippen molar-refractivity contribution in [1.29, 1.82) is 10.7 Å². The van der Waals surface area contributed by atoms with Crippen molar-refractivity contribution in [1.82, 2.24) is 0 Å². The molecule has 0 amide bonds. The molecule has 5 heteroatoms. The van der Waals surface area contributed by atoms with Crippen LogP contribution in [0.3, 0.4) is 0 Å². The fraction of sp³-hybridized carbons (Fsp3) is 0. The molecule has 0 aliphatic rings. The van der Waals surface area contributed by atoms with Crippen LogP contribution in [0.4, 0.5) is 0 Å². The van der Waals surface area contributed by atoms with Crippen LogP contribution in [-0.2, 0) is 0 Å². The molecule has 0 saturated carbocycles. The lowest BCUT2D eigenvalue weighted by molar-refractivity contribution is -0.576. The Hall–Kier alpha value is -2.99. The predicted octanol–water partition coefficient (Wildman–Crippen LogP) is 3.05. The Balaban J connectivity index is 2.54. The highest BCUT2D eigenvalue weighted by atomic mass is 35.5. The van der Waals surface area contributed by atoms with Gasteiger partial charge in [-0.1, -0.05) is 17.7 Å². The molecular formula is C17H11ClN3O+. The summed E-state index contributed by atoms with van der Waals surface area (Å²) in [5.41, 5.74) is 0.655. The van der Waals surface area contributed by atoms with Gasteiger partial charge in [-0.05, 0) is 30.1 Å². The second-order valence-electron chi connectivity index (χ2n) is 4.30. The Morgan fingerprint density at radius 3 is 2.36 bits per heavy atom. The van der Waals surface area contributed by atoms with Crippen LogP contribution >= 0.6 is 11.6 Å². The van der Waals surface area contributed by atoms with E-state index in [1.54, 1.807) is 53.4 Å². The van der Waals surface area contributed by atoms with Crippen molar-refractivity contribution in [2.45, 2.75) is 0 Å². The lowest BCUT2D eigenvalue weighted by atomic mass is 10.1. The average Bonchev–Trinajstić information content (AvgIpc) is 2.57. The van der Waals surface area contributed by atoms with Crippen molar-refractivity contribution < 1.29 is 9.36 Å². The number of ketones is 1.